The van der Waals surface area contributed by atoms with Crippen LogP contribution < -0.4 is 0 Å². The van der Waals surface area contributed by atoms with Gasteiger partial charge in [0.05, 0.1) is 6.61 Å². The molecule has 0 aliphatic rings. The highest BCUT2D eigenvalue weighted by atomic mass is 31.1. The standard InChI is InChI=1S/C21H38OP2/c1-15(2)23(16(3)4)13-20-9-19(12-22)10-21(11-20)14-24(17(5)6)18(7)8/h9-11,15-18,22H,12-14H2,1-8H3. The Bertz CT molecular complexity index is 438. The van der Waals surface area contributed by atoms with Gasteiger partial charge in [0.2, 0.25) is 0 Å². The molecule has 0 fully saturated rings. The summed E-state index contributed by atoms with van der Waals surface area (Å²) in [4.78, 5) is 0. The summed E-state index contributed by atoms with van der Waals surface area (Å²) in [6, 6.07) is 6.90. The first kappa shape index (κ1) is 22.1. The van der Waals surface area contributed by atoms with Crippen molar-refractivity contribution in [3.63, 3.8) is 0 Å². The molecule has 1 nitrogen and oxygen atoms in total. The molecule has 0 bridgehead atoms. The number of rotatable bonds is 9. The molecule has 24 heavy (non-hydrogen) atoms. The van der Waals surface area contributed by atoms with Gasteiger partial charge in [-0.05, 0) is 51.7 Å². The molecule has 0 atom stereocenters. The zero-order chi connectivity index (χ0) is 18.4. The van der Waals surface area contributed by atoms with Crippen LogP contribution in [0.3, 0.4) is 0 Å². The summed E-state index contributed by atoms with van der Waals surface area (Å²) < 4.78 is 0. The Kier molecular flexibility index (Phi) is 9.43. The summed E-state index contributed by atoms with van der Waals surface area (Å²) in [5.74, 6) is 0. The maximum absolute atomic E-state index is 9.70. The first-order chi connectivity index (χ1) is 11.1. The molecule has 1 N–H and O–H groups in total. The van der Waals surface area contributed by atoms with Gasteiger partial charge in [-0.2, -0.15) is 0 Å². The fourth-order valence-corrected chi connectivity index (χ4v) is 8.51. The third-order valence-electron chi connectivity index (χ3n) is 4.68. The van der Waals surface area contributed by atoms with Gasteiger partial charge in [-0.1, -0.05) is 89.4 Å². The maximum atomic E-state index is 9.70. The molecule has 1 aromatic carbocycles. The van der Waals surface area contributed by atoms with Gasteiger partial charge in [0.25, 0.3) is 0 Å². The molecule has 0 saturated carbocycles. The number of hydrogen-bond donors (Lipinski definition) is 1. The Labute approximate surface area is 153 Å². The van der Waals surface area contributed by atoms with Crippen molar-refractivity contribution >= 4 is 15.8 Å². The highest BCUT2D eigenvalue weighted by Crippen LogP contribution is 2.51. The Morgan fingerprint density at radius 1 is 0.625 bits per heavy atom. The third-order valence-corrected chi connectivity index (χ3v) is 11.4. The van der Waals surface area contributed by atoms with Crippen LogP contribution in [0, 0.1) is 0 Å². The number of aliphatic hydroxyl groups excluding tert-OH is 1. The van der Waals surface area contributed by atoms with E-state index in [9.17, 15) is 5.11 Å². The zero-order valence-electron chi connectivity index (χ0n) is 17.0. The lowest BCUT2D eigenvalue weighted by Gasteiger charge is -2.28. The number of aliphatic hydroxyl groups is 1. The average molecular weight is 368 g/mol. The predicted molar refractivity (Wildman–Crippen MR) is 114 cm³/mol. The number of benzene rings is 1. The Morgan fingerprint density at radius 2 is 0.917 bits per heavy atom. The third kappa shape index (κ3) is 6.74. The van der Waals surface area contributed by atoms with Crippen LogP contribution in [0.25, 0.3) is 0 Å². The van der Waals surface area contributed by atoms with Crippen molar-refractivity contribution in [3.05, 3.63) is 34.9 Å². The lowest BCUT2D eigenvalue weighted by atomic mass is 10.1. The summed E-state index contributed by atoms with van der Waals surface area (Å²) in [6.07, 6.45) is 2.37. The second-order valence-corrected chi connectivity index (χ2v) is 14.9. The molecule has 0 amide bonds. The number of hydrogen-bond acceptors (Lipinski definition) is 1. The Morgan fingerprint density at radius 3 is 1.17 bits per heavy atom. The molecular weight excluding hydrogens is 330 g/mol. The van der Waals surface area contributed by atoms with Gasteiger partial charge in [0.15, 0.2) is 0 Å². The van der Waals surface area contributed by atoms with Gasteiger partial charge in [-0.3, -0.25) is 0 Å². The van der Waals surface area contributed by atoms with E-state index in [0.29, 0.717) is 0 Å². The zero-order valence-corrected chi connectivity index (χ0v) is 18.8. The molecular formula is C21H38OP2. The second-order valence-electron chi connectivity index (χ2n) is 8.04. The molecule has 3 heteroatoms. The molecule has 1 rings (SSSR count). The minimum Gasteiger partial charge on any atom is -0.392 e. The van der Waals surface area contributed by atoms with E-state index in [2.05, 4.69) is 73.6 Å². The summed E-state index contributed by atoms with van der Waals surface area (Å²) in [5.41, 5.74) is 6.98. The normalized spacial score (nSPS) is 12.6. The molecule has 0 heterocycles. The van der Waals surface area contributed by atoms with E-state index in [1.807, 2.05) is 0 Å². The van der Waals surface area contributed by atoms with Crippen LogP contribution in [0.2, 0.25) is 0 Å². The average Bonchev–Trinajstić information content (AvgIpc) is 2.48. The van der Waals surface area contributed by atoms with Crippen molar-refractivity contribution in [1.82, 2.24) is 0 Å². The Balaban J connectivity index is 3.07. The van der Waals surface area contributed by atoms with E-state index in [4.69, 9.17) is 0 Å². The molecule has 1 aromatic rings. The van der Waals surface area contributed by atoms with Gasteiger partial charge < -0.3 is 5.11 Å². The van der Waals surface area contributed by atoms with Crippen LogP contribution in [-0.2, 0) is 18.9 Å². The van der Waals surface area contributed by atoms with E-state index in [-0.39, 0.29) is 22.5 Å². The minimum absolute atomic E-state index is 0.00629. The van der Waals surface area contributed by atoms with E-state index >= 15 is 0 Å². The molecule has 0 spiro atoms. The summed E-state index contributed by atoms with van der Waals surface area (Å²) in [7, 11) is -0.0126. The van der Waals surface area contributed by atoms with Crippen LogP contribution in [0.15, 0.2) is 18.2 Å². The summed E-state index contributed by atoms with van der Waals surface area (Å²) in [6.45, 7) is 19.0. The van der Waals surface area contributed by atoms with Gasteiger partial charge in [0.1, 0.15) is 0 Å². The maximum Gasteiger partial charge on any atom is 0.0682 e. The second kappa shape index (κ2) is 10.3. The highest BCUT2D eigenvalue weighted by Gasteiger charge is 2.20. The smallest absolute Gasteiger partial charge is 0.0682 e. The predicted octanol–water partition coefficient (Wildman–Crippen LogP) is 6.78. The van der Waals surface area contributed by atoms with Crippen molar-refractivity contribution in [2.45, 2.75) is 97.0 Å². The summed E-state index contributed by atoms with van der Waals surface area (Å²) >= 11 is 0. The fourth-order valence-electron chi connectivity index (χ4n) is 3.46. The van der Waals surface area contributed by atoms with E-state index in [0.717, 1.165) is 28.2 Å². The van der Waals surface area contributed by atoms with Gasteiger partial charge >= 0.3 is 0 Å². The molecule has 0 saturated heterocycles. The van der Waals surface area contributed by atoms with Crippen molar-refractivity contribution in [3.8, 4) is 0 Å². The van der Waals surface area contributed by atoms with Gasteiger partial charge in [-0.25, -0.2) is 0 Å². The van der Waals surface area contributed by atoms with Crippen molar-refractivity contribution in [2.75, 3.05) is 0 Å². The highest BCUT2D eigenvalue weighted by molar-refractivity contribution is 7.58. The fraction of sp³-hybridized carbons (Fsp3) is 0.714. The van der Waals surface area contributed by atoms with Gasteiger partial charge in [-0.15, -0.1) is 0 Å². The molecule has 0 radical (unpaired) electrons. The molecule has 0 aliphatic carbocycles. The molecule has 0 aliphatic heterocycles. The topological polar surface area (TPSA) is 20.2 Å². The van der Waals surface area contributed by atoms with Crippen molar-refractivity contribution in [2.24, 2.45) is 0 Å². The lowest BCUT2D eigenvalue weighted by Crippen LogP contribution is -2.08. The monoisotopic (exact) mass is 368 g/mol. The first-order valence-electron chi connectivity index (χ1n) is 9.39. The van der Waals surface area contributed by atoms with Crippen LogP contribution in [0.4, 0.5) is 0 Å². The Hall–Kier alpha value is 0.0400. The largest absolute Gasteiger partial charge is 0.392 e. The van der Waals surface area contributed by atoms with E-state index in [1.165, 1.54) is 23.5 Å². The molecule has 138 valence electrons. The minimum atomic E-state index is -0.00629. The van der Waals surface area contributed by atoms with E-state index < -0.39 is 0 Å². The molecule has 0 aromatic heterocycles. The molecule has 0 unspecified atom stereocenters. The van der Waals surface area contributed by atoms with Crippen LogP contribution in [0.5, 0.6) is 0 Å². The quantitative estimate of drug-likeness (QED) is 0.477. The van der Waals surface area contributed by atoms with Gasteiger partial charge in [0, 0.05) is 0 Å². The first-order valence-corrected chi connectivity index (χ1v) is 12.7. The lowest BCUT2D eigenvalue weighted by molar-refractivity contribution is 0.281. The van der Waals surface area contributed by atoms with Crippen molar-refractivity contribution < 1.29 is 5.11 Å². The summed E-state index contributed by atoms with van der Waals surface area (Å²) in [5, 5.41) is 9.70. The van der Waals surface area contributed by atoms with Crippen LogP contribution in [-0.4, -0.2) is 27.7 Å². The SMILES string of the molecule is CC(C)P(Cc1cc(CO)cc(CP(C(C)C)C(C)C)c1)C(C)C. The van der Waals surface area contributed by atoms with Crippen LogP contribution in [0.1, 0.15) is 72.1 Å². The van der Waals surface area contributed by atoms with Crippen LogP contribution >= 0.6 is 15.8 Å². The van der Waals surface area contributed by atoms with Crippen molar-refractivity contribution in [1.29, 1.82) is 0 Å². The van der Waals surface area contributed by atoms with E-state index in [1.54, 1.807) is 0 Å².